The van der Waals surface area contributed by atoms with Gasteiger partial charge < -0.3 is 14.6 Å². The van der Waals surface area contributed by atoms with Gasteiger partial charge in [-0.05, 0) is 23.8 Å². The van der Waals surface area contributed by atoms with Crippen molar-refractivity contribution >= 4 is 46.5 Å². The van der Waals surface area contributed by atoms with Gasteiger partial charge in [0.1, 0.15) is 0 Å². The van der Waals surface area contributed by atoms with Crippen LogP contribution in [-0.2, 0) is 6.54 Å². The number of fused-ring (bicyclic) bond motifs is 2. The molecule has 0 saturated carbocycles. The van der Waals surface area contributed by atoms with Gasteiger partial charge >= 0.3 is 4.87 Å². The molecule has 0 fully saturated rings. The topological polar surface area (TPSA) is 73.0 Å². The molecule has 0 saturated heterocycles. The van der Waals surface area contributed by atoms with Crippen LogP contribution in [0.2, 0.25) is 5.02 Å². The third-order valence-electron chi connectivity index (χ3n) is 4.61. The summed E-state index contributed by atoms with van der Waals surface area (Å²) >= 11 is 7.28. The molecule has 8 heteroatoms. The van der Waals surface area contributed by atoms with Crippen molar-refractivity contribution in [1.82, 2.24) is 4.57 Å². The van der Waals surface area contributed by atoms with Crippen LogP contribution in [-0.4, -0.2) is 22.7 Å². The SMILES string of the molecule is O=c1sc(/C=C2\C=Nc3ccccc32)c(O)n1Cc1cc2c(cc1Cl)OCO2. The molecule has 0 unspecified atom stereocenters. The van der Waals surface area contributed by atoms with E-state index >= 15 is 0 Å². The molecular formula is C20H13ClN2O4S. The molecule has 6 nitrogen and oxygen atoms in total. The zero-order valence-corrected chi connectivity index (χ0v) is 16.0. The van der Waals surface area contributed by atoms with Crippen molar-refractivity contribution in [2.45, 2.75) is 6.54 Å². The number of thiazole rings is 1. The van der Waals surface area contributed by atoms with Crippen LogP contribution < -0.4 is 14.3 Å². The number of hydrogen-bond acceptors (Lipinski definition) is 6. The van der Waals surface area contributed by atoms with Crippen LogP contribution in [0.5, 0.6) is 17.4 Å². The van der Waals surface area contributed by atoms with Crippen molar-refractivity contribution in [2.24, 2.45) is 4.99 Å². The van der Waals surface area contributed by atoms with E-state index in [1.807, 2.05) is 24.3 Å². The number of aliphatic imine (C=N–C) groups is 1. The fourth-order valence-electron chi connectivity index (χ4n) is 3.19. The predicted molar refractivity (Wildman–Crippen MR) is 109 cm³/mol. The number of rotatable bonds is 3. The largest absolute Gasteiger partial charge is 0.493 e. The second-order valence-electron chi connectivity index (χ2n) is 6.31. The highest BCUT2D eigenvalue weighted by Crippen LogP contribution is 2.38. The minimum absolute atomic E-state index is 0.103. The van der Waals surface area contributed by atoms with Gasteiger partial charge in [0, 0.05) is 28.4 Å². The van der Waals surface area contributed by atoms with Gasteiger partial charge in [0.2, 0.25) is 12.7 Å². The third kappa shape index (κ3) is 2.80. The first-order valence-corrected chi connectivity index (χ1v) is 9.65. The second-order valence-corrected chi connectivity index (χ2v) is 7.71. The van der Waals surface area contributed by atoms with Crippen molar-refractivity contribution in [2.75, 3.05) is 6.79 Å². The van der Waals surface area contributed by atoms with Gasteiger partial charge in [-0.2, -0.15) is 0 Å². The highest BCUT2D eigenvalue weighted by Gasteiger charge is 2.20. The lowest BCUT2D eigenvalue weighted by Crippen LogP contribution is -2.13. The van der Waals surface area contributed by atoms with Gasteiger partial charge in [-0.25, -0.2) is 0 Å². The van der Waals surface area contributed by atoms with Crippen LogP contribution >= 0.6 is 22.9 Å². The van der Waals surface area contributed by atoms with Gasteiger partial charge in [-0.15, -0.1) is 0 Å². The Bertz CT molecular complexity index is 1230. The Kier molecular flexibility index (Phi) is 3.99. The molecule has 1 N–H and O–H groups in total. The molecule has 140 valence electrons. The normalized spacial score (nSPS) is 15.4. The monoisotopic (exact) mass is 412 g/mol. The fraction of sp³-hybridized carbons (Fsp3) is 0.100. The summed E-state index contributed by atoms with van der Waals surface area (Å²) in [6.07, 6.45) is 3.50. The molecule has 3 heterocycles. The first kappa shape index (κ1) is 17.1. The van der Waals surface area contributed by atoms with Gasteiger partial charge in [0.25, 0.3) is 0 Å². The molecule has 1 aromatic heterocycles. The zero-order valence-electron chi connectivity index (χ0n) is 14.4. The molecule has 2 aliphatic rings. The smallest absolute Gasteiger partial charge is 0.310 e. The number of allylic oxidation sites excluding steroid dienone is 1. The molecule has 2 aliphatic heterocycles. The Labute approximate surface area is 168 Å². The minimum atomic E-state index is -0.277. The average Bonchev–Trinajstić information content (AvgIpc) is 3.37. The molecule has 0 aliphatic carbocycles. The summed E-state index contributed by atoms with van der Waals surface area (Å²) in [7, 11) is 0. The lowest BCUT2D eigenvalue weighted by atomic mass is 10.1. The van der Waals surface area contributed by atoms with E-state index in [1.165, 1.54) is 4.57 Å². The van der Waals surface area contributed by atoms with Crippen molar-refractivity contribution in [3.05, 3.63) is 67.1 Å². The number of ether oxygens (including phenoxy) is 2. The Morgan fingerprint density at radius 2 is 2.04 bits per heavy atom. The van der Waals surface area contributed by atoms with Crippen molar-refractivity contribution in [1.29, 1.82) is 0 Å². The molecule has 0 amide bonds. The van der Waals surface area contributed by atoms with E-state index in [9.17, 15) is 9.90 Å². The summed E-state index contributed by atoms with van der Waals surface area (Å²) in [6, 6.07) is 11.1. The number of benzene rings is 2. The van der Waals surface area contributed by atoms with E-state index in [1.54, 1.807) is 24.4 Å². The van der Waals surface area contributed by atoms with E-state index in [2.05, 4.69) is 4.99 Å². The van der Waals surface area contributed by atoms with Crippen LogP contribution in [0.25, 0.3) is 11.6 Å². The Morgan fingerprint density at radius 3 is 2.89 bits per heavy atom. The predicted octanol–water partition coefficient (Wildman–Crippen LogP) is 4.30. The first-order chi connectivity index (χ1) is 13.6. The molecule has 0 atom stereocenters. The number of aromatic nitrogens is 1. The van der Waals surface area contributed by atoms with Crippen LogP contribution in [0.1, 0.15) is 16.0 Å². The van der Waals surface area contributed by atoms with E-state index in [4.69, 9.17) is 21.1 Å². The van der Waals surface area contributed by atoms with Gasteiger partial charge in [-0.1, -0.05) is 41.1 Å². The molecule has 0 bridgehead atoms. The van der Waals surface area contributed by atoms with E-state index < -0.39 is 0 Å². The van der Waals surface area contributed by atoms with E-state index in [0.29, 0.717) is 27.0 Å². The third-order valence-corrected chi connectivity index (χ3v) is 5.88. The summed E-state index contributed by atoms with van der Waals surface area (Å²) in [4.78, 5) is 17.0. The molecule has 5 rings (SSSR count). The molecule has 3 aromatic rings. The number of hydrogen-bond donors (Lipinski definition) is 1. The van der Waals surface area contributed by atoms with Crippen LogP contribution in [0.3, 0.4) is 0 Å². The Hall–Kier alpha value is -3.03. The van der Waals surface area contributed by atoms with E-state index in [0.717, 1.165) is 28.2 Å². The molecule has 0 spiro atoms. The van der Waals surface area contributed by atoms with Crippen molar-refractivity contribution in [3.63, 3.8) is 0 Å². The number of nitrogens with zero attached hydrogens (tertiary/aromatic N) is 2. The Morgan fingerprint density at radius 1 is 1.25 bits per heavy atom. The van der Waals surface area contributed by atoms with Crippen LogP contribution in [0.15, 0.2) is 46.2 Å². The van der Waals surface area contributed by atoms with Crippen LogP contribution in [0.4, 0.5) is 5.69 Å². The maximum absolute atomic E-state index is 12.5. The molecular weight excluding hydrogens is 400 g/mol. The number of halogens is 1. The van der Waals surface area contributed by atoms with Gasteiger partial charge in [-0.3, -0.25) is 14.4 Å². The van der Waals surface area contributed by atoms with Crippen molar-refractivity contribution in [3.8, 4) is 17.4 Å². The summed E-state index contributed by atoms with van der Waals surface area (Å²) < 4.78 is 12.0. The van der Waals surface area contributed by atoms with Gasteiger partial charge in [0.15, 0.2) is 11.5 Å². The van der Waals surface area contributed by atoms with Crippen molar-refractivity contribution < 1.29 is 14.6 Å². The summed E-state index contributed by atoms with van der Waals surface area (Å²) in [6.45, 7) is 0.268. The second kappa shape index (κ2) is 6.54. The zero-order chi connectivity index (χ0) is 19.3. The van der Waals surface area contributed by atoms with Crippen LogP contribution in [0, 0.1) is 0 Å². The minimum Gasteiger partial charge on any atom is -0.493 e. The Balaban J connectivity index is 1.51. The molecule has 2 aromatic carbocycles. The molecule has 0 radical (unpaired) electrons. The average molecular weight is 413 g/mol. The summed E-state index contributed by atoms with van der Waals surface area (Å²) in [5.74, 6) is 1.04. The quantitative estimate of drug-likeness (QED) is 0.696. The maximum Gasteiger partial charge on any atom is 0.310 e. The molecule has 28 heavy (non-hydrogen) atoms. The lowest BCUT2D eigenvalue weighted by Gasteiger charge is -2.08. The number of para-hydroxylation sites is 1. The lowest BCUT2D eigenvalue weighted by molar-refractivity contribution is 0.174. The van der Waals surface area contributed by atoms with E-state index in [-0.39, 0.29) is 24.1 Å². The number of aromatic hydroxyl groups is 1. The highest BCUT2D eigenvalue weighted by molar-refractivity contribution is 7.10. The first-order valence-electron chi connectivity index (χ1n) is 8.46. The maximum atomic E-state index is 12.5. The fourth-order valence-corrected chi connectivity index (χ4v) is 4.24. The summed E-state index contributed by atoms with van der Waals surface area (Å²) in [5, 5.41) is 11.1. The summed E-state index contributed by atoms with van der Waals surface area (Å²) in [5.41, 5.74) is 3.34. The highest BCUT2D eigenvalue weighted by atomic mass is 35.5. The standard InChI is InChI=1S/C20H13ClN2O4S/c21-14-7-17-16(26-10-27-17)5-12(14)9-23-19(24)18(28-20(23)25)6-11-8-22-15-4-2-1-3-13(11)15/h1-8,24H,9-10H2/b11-6+. The van der Waals surface area contributed by atoms with Gasteiger partial charge in [0.05, 0.1) is 17.1 Å².